The lowest BCUT2D eigenvalue weighted by molar-refractivity contribution is -0.233. The molecule has 38 heavy (non-hydrogen) atoms. The van der Waals surface area contributed by atoms with Crippen LogP contribution in [0.15, 0.2) is 11.1 Å². The van der Waals surface area contributed by atoms with Crippen molar-refractivity contribution < 1.29 is 19.1 Å². The van der Waals surface area contributed by atoms with Gasteiger partial charge in [-0.05, 0) is 104 Å². The molecule has 4 fully saturated rings. The second kappa shape index (κ2) is 9.10. The Kier molecular flexibility index (Phi) is 6.76. The predicted octanol–water partition coefficient (Wildman–Crippen LogP) is 8.28. The maximum absolute atomic E-state index is 11.9. The van der Waals surface area contributed by atoms with Gasteiger partial charge in [0.2, 0.25) is 0 Å². The summed E-state index contributed by atoms with van der Waals surface area (Å²) in [4.78, 5) is 23.8. The number of hydrogen-bond acceptors (Lipinski definition) is 4. The number of carbonyl (C=O) groups excluding carboxylic acids is 2. The Balaban J connectivity index is 1.52. The van der Waals surface area contributed by atoms with E-state index in [1.54, 1.807) is 25.0 Å². The smallest absolute Gasteiger partial charge is 0.302 e. The number of carbonyl (C=O) groups is 2. The van der Waals surface area contributed by atoms with Crippen molar-refractivity contribution in [3.8, 4) is 0 Å². The molecule has 0 N–H and O–H groups in total. The molecule has 4 heteroatoms. The van der Waals surface area contributed by atoms with Crippen LogP contribution in [0.25, 0.3) is 0 Å². The third kappa shape index (κ3) is 3.80. The first kappa shape index (κ1) is 28.2. The number of hydrogen-bond donors (Lipinski definition) is 0. The standard InChI is InChI=1S/C34H54O4/c1-21(2)24-12-17-34(20-37-22(3)35)19-18-32(8)25(29(24)34)10-11-27-31(7)15-14-28(38-23(4)36)30(5,6)26(31)13-16-33(27,32)9/h21,25-28H,10-20H2,1-9H3/t25?,26?,27?,28?,31-,32+,33+,34+/m0/s1. The third-order valence-corrected chi connectivity index (χ3v) is 13.6. The van der Waals surface area contributed by atoms with Crippen molar-refractivity contribution in [2.24, 2.45) is 50.7 Å². The van der Waals surface area contributed by atoms with Crippen molar-refractivity contribution in [1.29, 1.82) is 0 Å². The van der Waals surface area contributed by atoms with E-state index in [0.29, 0.717) is 30.3 Å². The molecule has 214 valence electrons. The first-order chi connectivity index (χ1) is 17.6. The minimum Gasteiger partial charge on any atom is -0.465 e. The van der Waals surface area contributed by atoms with E-state index in [1.165, 1.54) is 38.5 Å². The monoisotopic (exact) mass is 526 g/mol. The molecule has 0 amide bonds. The zero-order valence-electron chi connectivity index (χ0n) is 25.8. The Hall–Kier alpha value is -1.32. The van der Waals surface area contributed by atoms with Gasteiger partial charge < -0.3 is 9.47 Å². The van der Waals surface area contributed by atoms with Gasteiger partial charge in [0.05, 0.1) is 0 Å². The van der Waals surface area contributed by atoms with Gasteiger partial charge in [-0.25, -0.2) is 0 Å². The molecule has 0 radical (unpaired) electrons. The van der Waals surface area contributed by atoms with Crippen LogP contribution >= 0.6 is 0 Å². The number of ether oxygens (including phenoxy) is 2. The van der Waals surface area contributed by atoms with Crippen LogP contribution in [0.2, 0.25) is 0 Å². The van der Waals surface area contributed by atoms with E-state index in [0.717, 1.165) is 25.7 Å². The van der Waals surface area contributed by atoms with Gasteiger partial charge in [0.25, 0.3) is 0 Å². The topological polar surface area (TPSA) is 52.6 Å². The number of esters is 2. The lowest BCUT2D eigenvalue weighted by atomic mass is 9.33. The molecule has 0 spiro atoms. The third-order valence-electron chi connectivity index (χ3n) is 13.6. The largest absolute Gasteiger partial charge is 0.465 e. The maximum Gasteiger partial charge on any atom is 0.302 e. The Morgan fingerprint density at radius 3 is 2.16 bits per heavy atom. The highest BCUT2D eigenvalue weighted by molar-refractivity contribution is 5.66. The Bertz CT molecular complexity index is 1020. The zero-order chi connectivity index (χ0) is 27.9. The highest BCUT2D eigenvalue weighted by Gasteiger charge is 2.69. The van der Waals surface area contributed by atoms with Crippen LogP contribution in [0.1, 0.15) is 127 Å². The van der Waals surface area contributed by atoms with E-state index < -0.39 is 0 Å². The molecule has 4 saturated carbocycles. The van der Waals surface area contributed by atoms with Crippen LogP contribution < -0.4 is 0 Å². The molecule has 0 aromatic heterocycles. The lowest BCUT2D eigenvalue weighted by Crippen LogP contribution is -2.66. The average molecular weight is 527 g/mol. The summed E-state index contributed by atoms with van der Waals surface area (Å²) in [5.41, 5.74) is 4.29. The van der Waals surface area contributed by atoms with E-state index in [4.69, 9.17) is 9.47 Å². The fraction of sp³-hybridized carbons (Fsp3) is 0.882. The maximum atomic E-state index is 11.9. The van der Waals surface area contributed by atoms with Crippen molar-refractivity contribution in [3.05, 3.63) is 11.1 Å². The van der Waals surface area contributed by atoms with Gasteiger partial charge in [0.15, 0.2) is 0 Å². The molecule has 0 aromatic carbocycles. The first-order valence-electron chi connectivity index (χ1n) is 15.7. The van der Waals surface area contributed by atoms with E-state index in [9.17, 15) is 9.59 Å². The van der Waals surface area contributed by atoms with Crippen LogP contribution in [0.5, 0.6) is 0 Å². The minimum absolute atomic E-state index is 0.00228. The summed E-state index contributed by atoms with van der Waals surface area (Å²) in [5.74, 6) is 2.15. The molecule has 5 aliphatic rings. The van der Waals surface area contributed by atoms with Gasteiger partial charge in [-0.3, -0.25) is 9.59 Å². The second-order valence-corrected chi connectivity index (χ2v) is 15.7. The van der Waals surface area contributed by atoms with E-state index in [2.05, 4.69) is 48.5 Å². The summed E-state index contributed by atoms with van der Waals surface area (Å²) in [6.45, 7) is 21.1. The van der Waals surface area contributed by atoms with Crippen molar-refractivity contribution in [2.75, 3.05) is 6.61 Å². The molecule has 8 atom stereocenters. The molecular formula is C34H54O4. The summed E-state index contributed by atoms with van der Waals surface area (Å²) in [6, 6.07) is 0. The molecule has 5 aliphatic carbocycles. The quantitative estimate of drug-likeness (QED) is 0.273. The van der Waals surface area contributed by atoms with Crippen LogP contribution in [0, 0.1) is 50.7 Å². The summed E-state index contributed by atoms with van der Waals surface area (Å²) in [7, 11) is 0. The molecule has 4 unspecified atom stereocenters. The molecule has 5 rings (SSSR count). The van der Waals surface area contributed by atoms with E-state index in [1.807, 2.05) is 0 Å². The molecule has 0 aliphatic heterocycles. The van der Waals surface area contributed by atoms with Crippen molar-refractivity contribution in [1.82, 2.24) is 0 Å². The average Bonchev–Trinajstić information content (AvgIpc) is 3.20. The van der Waals surface area contributed by atoms with Gasteiger partial charge in [-0.2, -0.15) is 0 Å². The van der Waals surface area contributed by atoms with Gasteiger partial charge >= 0.3 is 11.9 Å². The molecule has 0 aromatic rings. The molecule has 0 bridgehead atoms. The normalized spacial score (nSPS) is 45.5. The van der Waals surface area contributed by atoms with Gasteiger partial charge in [0.1, 0.15) is 12.7 Å². The van der Waals surface area contributed by atoms with Crippen LogP contribution in [0.3, 0.4) is 0 Å². The molecular weight excluding hydrogens is 472 g/mol. The number of fused-ring (bicyclic) bond motifs is 7. The first-order valence-corrected chi connectivity index (χ1v) is 15.7. The molecule has 0 saturated heterocycles. The Labute approximate surface area is 232 Å². The molecule has 0 heterocycles. The second-order valence-electron chi connectivity index (χ2n) is 15.7. The van der Waals surface area contributed by atoms with E-state index in [-0.39, 0.29) is 45.1 Å². The lowest BCUT2D eigenvalue weighted by Gasteiger charge is -2.72. The van der Waals surface area contributed by atoms with Gasteiger partial charge in [-0.15, -0.1) is 0 Å². The van der Waals surface area contributed by atoms with Crippen molar-refractivity contribution in [3.63, 3.8) is 0 Å². The summed E-state index contributed by atoms with van der Waals surface area (Å²) < 4.78 is 11.7. The number of rotatable bonds is 4. The fourth-order valence-corrected chi connectivity index (χ4v) is 11.6. The van der Waals surface area contributed by atoms with Crippen LogP contribution in [-0.4, -0.2) is 24.6 Å². The Morgan fingerprint density at radius 2 is 1.53 bits per heavy atom. The van der Waals surface area contributed by atoms with Crippen LogP contribution in [-0.2, 0) is 19.1 Å². The highest BCUT2D eigenvalue weighted by atomic mass is 16.5. The fourth-order valence-electron chi connectivity index (χ4n) is 11.6. The van der Waals surface area contributed by atoms with E-state index >= 15 is 0 Å². The van der Waals surface area contributed by atoms with Gasteiger partial charge in [0, 0.05) is 24.7 Å². The van der Waals surface area contributed by atoms with Gasteiger partial charge in [-0.1, -0.05) is 59.6 Å². The highest BCUT2D eigenvalue weighted by Crippen LogP contribution is 2.76. The minimum atomic E-state index is -0.140. The summed E-state index contributed by atoms with van der Waals surface area (Å²) >= 11 is 0. The van der Waals surface area contributed by atoms with Crippen LogP contribution in [0.4, 0.5) is 0 Å². The van der Waals surface area contributed by atoms with Crippen molar-refractivity contribution in [2.45, 2.75) is 133 Å². The zero-order valence-corrected chi connectivity index (χ0v) is 25.8. The number of allylic oxidation sites excluding steroid dienone is 1. The predicted molar refractivity (Wildman–Crippen MR) is 151 cm³/mol. The van der Waals surface area contributed by atoms with Crippen molar-refractivity contribution >= 4 is 11.9 Å². The Morgan fingerprint density at radius 1 is 0.816 bits per heavy atom. The molecule has 4 nitrogen and oxygen atoms in total. The summed E-state index contributed by atoms with van der Waals surface area (Å²) in [6.07, 6.45) is 11.9. The SMILES string of the molecule is CC(=O)OC[C@]12CCC(C(C)C)=C1C1CCC3[C@@]4(C)CCC(OC(C)=O)C(C)(C)C4CC[C@@]3(C)[C@]1(C)CC2. The summed E-state index contributed by atoms with van der Waals surface area (Å²) in [5, 5.41) is 0.